The molecule has 7 nitrogen and oxygen atoms in total. The van der Waals surface area contributed by atoms with E-state index in [0.29, 0.717) is 24.1 Å². The van der Waals surface area contributed by atoms with E-state index < -0.39 is 0 Å². The van der Waals surface area contributed by atoms with Gasteiger partial charge in [0, 0.05) is 12.4 Å². The first-order valence-electron chi connectivity index (χ1n) is 5.92. The predicted molar refractivity (Wildman–Crippen MR) is 76.1 cm³/mol. The van der Waals surface area contributed by atoms with E-state index in [2.05, 4.69) is 24.8 Å². The molecule has 0 amide bonds. The van der Waals surface area contributed by atoms with E-state index >= 15 is 0 Å². The van der Waals surface area contributed by atoms with Gasteiger partial charge in [0.05, 0.1) is 12.1 Å². The van der Waals surface area contributed by atoms with Gasteiger partial charge >= 0.3 is 0 Å². The molecule has 20 heavy (non-hydrogen) atoms. The Morgan fingerprint density at radius 3 is 2.85 bits per heavy atom. The average molecular weight is 288 g/mol. The molecular formula is C12H12N6OS. The highest BCUT2D eigenvalue weighted by molar-refractivity contribution is 7.11. The molecule has 0 aromatic carbocycles. The van der Waals surface area contributed by atoms with Gasteiger partial charge in [-0.05, 0) is 36.2 Å². The van der Waals surface area contributed by atoms with Gasteiger partial charge in [0.1, 0.15) is 10.8 Å². The van der Waals surface area contributed by atoms with Crippen LogP contribution in [0.4, 0.5) is 10.8 Å². The number of aromatic nitrogens is 4. The van der Waals surface area contributed by atoms with Gasteiger partial charge in [0.25, 0.3) is 0 Å². The average Bonchev–Trinajstić information content (AvgIpc) is 3.03. The molecule has 0 saturated heterocycles. The third-order valence-corrected chi connectivity index (χ3v) is 3.48. The van der Waals surface area contributed by atoms with E-state index in [1.807, 2.05) is 12.1 Å². The number of anilines is 2. The minimum Gasteiger partial charge on any atom is -0.382 e. The van der Waals surface area contributed by atoms with E-state index in [0.717, 1.165) is 16.1 Å². The minimum atomic E-state index is 0.431. The van der Waals surface area contributed by atoms with Gasteiger partial charge in [0.2, 0.25) is 5.89 Å². The van der Waals surface area contributed by atoms with Crippen molar-refractivity contribution in [2.45, 2.75) is 13.5 Å². The summed E-state index contributed by atoms with van der Waals surface area (Å²) in [5, 5.41) is 7.83. The summed E-state index contributed by atoms with van der Waals surface area (Å²) < 4.78 is 9.24. The highest BCUT2D eigenvalue weighted by Crippen LogP contribution is 2.36. The molecule has 8 heteroatoms. The zero-order valence-electron chi connectivity index (χ0n) is 10.7. The lowest BCUT2D eigenvalue weighted by Crippen LogP contribution is -2.00. The molecule has 3 N–H and O–H groups in total. The van der Waals surface area contributed by atoms with Crippen LogP contribution in [0.5, 0.6) is 0 Å². The summed E-state index contributed by atoms with van der Waals surface area (Å²) >= 11 is 1.30. The second-order valence-corrected chi connectivity index (χ2v) is 4.87. The van der Waals surface area contributed by atoms with Crippen molar-refractivity contribution in [3.8, 4) is 11.1 Å². The largest absolute Gasteiger partial charge is 0.382 e. The lowest BCUT2D eigenvalue weighted by molar-refractivity contribution is 0.379. The molecule has 3 rings (SSSR count). The molecule has 0 aliphatic rings. The van der Waals surface area contributed by atoms with E-state index in [1.165, 1.54) is 11.5 Å². The molecule has 0 radical (unpaired) electrons. The fraction of sp³-hybridized carbons (Fsp3) is 0.167. The van der Waals surface area contributed by atoms with Crippen molar-refractivity contribution < 1.29 is 4.52 Å². The Balaban J connectivity index is 1.84. The maximum Gasteiger partial charge on any atom is 0.245 e. The lowest BCUT2D eigenvalue weighted by atomic mass is 10.1. The van der Waals surface area contributed by atoms with Gasteiger partial charge in [-0.3, -0.25) is 4.98 Å². The highest BCUT2D eigenvalue weighted by atomic mass is 32.1. The molecule has 0 bridgehead atoms. The van der Waals surface area contributed by atoms with Crippen molar-refractivity contribution in [3.05, 3.63) is 36.2 Å². The molecule has 102 valence electrons. The Bertz CT molecular complexity index is 708. The van der Waals surface area contributed by atoms with Crippen molar-refractivity contribution >= 4 is 22.4 Å². The Morgan fingerprint density at radius 1 is 1.35 bits per heavy atom. The Hall–Kier alpha value is -2.48. The molecular weight excluding hydrogens is 276 g/mol. The molecule has 3 heterocycles. The van der Waals surface area contributed by atoms with Gasteiger partial charge < -0.3 is 15.6 Å². The van der Waals surface area contributed by atoms with Crippen LogP contribution >= 0.6 is 11.5 Å². The van der Waals surface area contributed by atoms with Crippen molar-refractivity contribution in [1.29, 1.82) is 0 Å². The van der Waals surface area contributed by atoms with Gasteiger partial charge in [0.15, 0.2) is 5.82 Å². The van der Waals surface area contributed by atoms with E-state index in [1.54, 1.807) is 19.3 Å². The van der Waals surface area contributed by atoms with Crippen molar-refractivity contribution in [1.82, 2.24) is 19.5 Å². The fourth-order valence-electron chi connectivity index (χ4n) is 1.79. The third-order valence-electron chi connectivity index (χ3n) is 2.66. The summed E-state index contributed by atoms with van der Waals surface area (Å²) in [5.41, 5.74) is 7.77. The Labute approximate surface area is 119 Å². The number of hydrogen-bond donors (Lipinski definition) is 2. The Kier molecular flexibility index (Phi) is 3.30. The topological polar surface area (TPSA) is 103 Å². The van der Waals surface area contributed by atoms with Crippen LogP contribution < -0.4 is 11.1 Å². The minimum absolute atomic E-state index is 0.431. The number of nitrogens with two attached hydrogens (primary N) is 1. The normalized spacial score (nSPS) is 10.7. The van der Waals surface area contributed by atoms with Crippen molar-refractivity contribution in [2.24, 2.45) is 0 Å². The van der Waals surface area contributed by atoms with Crippen LogP contribution in [0.25, 0.3) is 11.1 Å². The first kappa shape index (κ1) is 12.5. The second-order valence-electron chi connectivity index (χ2n) is 4.10. The van der Waals surface area contributed by atoms with Crippen molar-refractivity contribution in [2.75, 3.05) is 11.1 Å². The van der Waals surface area contributed by atoms with E-state index in [-0.39, 0.29) is 0 Å². The predicted octanol–water partition coefficient (Wildman–Crippen LogP) is 2.09. The zero-order chi connectivity index (χ0) is 13.9. The number of nitrogens with one attached hydrogen (secondary N) is 1. The summed E-state index contributed by atoms with van der Waals surface area (Å²) in [6.45, 7) is 2.21. The van der Waals surface area contributed by atoms with E-state index in [4.69, 9.17) is 10.3 Å². The van der Waals surface area contributed by atoms with Crippen molar-refractivity contribution in [3.63, 3.8) is 0 Å². The van der Waals surface area contributed by atoms with Crippen LogP contribution in [0, 0.1) is 6.92 Å². The molecule has 0 fully saturated rings. The molecule has 0 unspecified atom stereocenters. The number of nitrogen functional groups attached to an aromatic ring is 1. The Morgan fingerprint density at radius 2 is 2.15 bits per heavy atom. The number of hydrogen-bond acceptors (Lipinski definition) is 8. The molecule has 0 spiro atoms. The summed E-state index contributed by atoms with van der Waals surface area (Å²) in [4.78, 5) is 8.14. The highest BCUT2D eigenvalue weighted by Gasteiger charge is 2.14. The van der Waals surface area contributed by atoms with Gasteiger partial charge in [-0.15, -0.1) is 0 Å². The van der Waals surface area contributed by atoms with Crippen LogP contribution in [-0.2, 0) is 6.54 Å². The molecule has 3 aromatic heterocycles. The zero-order valence-corrected chi connectivity index (χ0v) is 11.5. The number of aryl methyl sites for hydroxylation is 1. The number of nitrogens with zero attached hydrogens (tertiary/aromatic N) is 4. The summed E-state index contributed by atoms with van der Waals surface area (Å²) in [6.07, 6.45) is 3.44. The number of pyridine rings is 1. The first-order chi connectivity index (χ1) is 9.74. The second kappa shape index (κ2) is 5.25. The lowest BCUT2D eigenvalue weighted by Gasteiger charge is -2.04. The quantitative estimate of drug-likeness (QED) is 0.757. The molecule has 0 aliphatic carbocycles. The summed E-state index contributed by atoms with van der Waals surface area (Å²) in [7, 11) is 0. The smallest absolute Gasteiger partial charge is 0.245 e. The maximum atomic E-state index is 5.93. The van der Waals surface area contributed by atoms with Crippen LogP contribution in [0.15, 0.2) is 29.0 Å². The monoisotopic (exact) mass is 288 g/mol. The van der Waals surface area contributed by atoms with Crippen LogP contribution in [-0.4, -0.2) is 19.5 Å². The van der Waals surface area contributed by atoms with Gasteiger partial charge in [-0.25, -0.2) is 0 Å². The van der Waals surface area contributed by atoms with E-state index in [9.17, 15) is 0 Å². The third kappa shape index (κ3) is 2.45. The summed E-state index contributed by atoms with van der Waals surface area (Å²) in [6, 6.07) is 3.78. The molecule has 0 saturated carbocycles. The SMILES string of the molecule is Cc1noc(CNc2snc(N)c2-c2ccncc2)n1. The van der Waals surface area contributed by atoms with Crippen LogP contribution in [0.2, 0.25) is 0 Å². The summed E-state index contributed by atoms with van der Waals surface area (Å²) in [5.74, 6) is 1.63. The first-order valence-corrected chi connectivity index (χ1v) is 6.70. The standard InChI is InChI=1S/C12H12N6OS/c1-7-16-9(19-17-7)6-15-12-10(11(13)18-20-12)8-2-4-14-5-3-8/h2-5,15H,6H2,1H3,(H2,13,18). The van der Waals surface area contributed by atoms with Crippen LogP contribution in [0.1, 0.15) is 11.7 Å². The molecule has 3 aromatic rings. The van der Waals surface area contributed by atoms with Gasteiger partial charge in [-0.1, -0.05) is 5.16 Å². The van der Waals surface area contributed by atoms with Gasteiger partial charge in [-0.2, -0.15) is 9.36 Å². The maximum absolute atomic E-state index is 5.93. The number of rotatable bonds is 4. The molecule has 0 aliphatic heterocycles. The van der Waals surface area contributed by atoms with Crippen LogP contribution in [0.3, 0.4) is 0 Å². The molecule has 0 atom stereocenters. The fourth-order valence-corrected chi connectivity index (χ4v) is 2.52.